The maximum Gasteiger partial charge on any atom is 0.124 e. The van der Waals surface area contributed by atoms with Crippen molar-refractivity contribution in [3.63, 3.8) is 0 Å². The summed E-state index contributed by atoms with van der Waals surface area (Å²) >= 11 is 1.85. The fourth-order valence-electron chi connectivity index (χ4n) is 7.12. The summed E-state index contributed by atoms with van der Waals surface area (Å²) in [5.74, 6) is 0.209. The maximum atomic E-state index is 11.0. The summed E-state index contributed by atoms with van der Waals surface area (Å²) < 4.78 is 2.59. The Morgan fingerprint density at radius 3 is 1.75 bits per heavy atom. The monoisotopic (exact) mass is 708 g/mol. The van der Waals surface area contributed by atoms with Gasteiger partial charge < -0.3 is 5.11 Å². The van der Waals surface area contributed by atoms with Crippen molar-refractivity contribution < 1.29 is 5.11 Å². The summed E-state index contributed by atoms with van der Waals surface area (Å²) in [6.45, 7) is 15.7. The first-order chi connectivity index (χ1) is 25.3. The number of phenolic OH excluding ortho intramolecular Hbond substituents is 1. The van der Waals surface area contributed by atoms with E-state index in [1.165, 1.54) is 36.9 Å². The molecule has 0 spiro atoms. The number of pyridine rings is 2. The molecular formula is C49H44N2OS. The number of aryl methyl sites for hydroxylation is 1. The molecule has 0 aliphatic heterocycles. The second-order valence-corrected chi connectivity index (χ2v) is 17.2. The number of hydrogen-bond acceptors (Lipinski definition) is 4. The number of hydrogen-bond donors (Lipinski definition) is 1. The van der Waals surface area contributed by atoms with Crippen molar-refractivity contribution in [2.45, 2.75) is 59.3 Å². The van der Waals surface area contributed by atoms with Crippen LogP contribution in [-0.2, 0) is 10.8 Å². The van der Waals surface area contributed by atoms with Crippen LogP contribution in [0.1, 0.15) is 58.4 Å². The first-order valence-corrected chi connectivity index (χ1v) is 19.1. The fourth-order valence-corrected chi connectivity index (χ4v) is 8.36. The lowest BCUT2D eigenvalue weighted by atomic mass is 9.79. The van der Waals surface area contributed by atoms with Gasteiger partial charge in [-0.05, 0) is 99.7 Å². The molecule has 262 valence electrons. The van der Waals surface area contributed by atoms with Gasteiger partial charge in [-0.3, -0.25) is 4.98 Å². The molecule has 4 heteroatoms. The molecule has 8 rings (SSSR count). The van der Waals surface area contributed by atoms with Crippen molar-refractivity contribution >= 4 is 31.5 Å². The van der Waals surface area contributed by atoms with Crippen LogP contribution in [0, 0.1) is 6.92 Å². The summed E-state index contributed by atoms with van der Waals surface area (Å²) in [7, 11) is 0. The van der Waals surface area contributed by atoms with E-state index < -0.39 is 0 Å². The minimum absolute atomic E-state index is 0.0249. The van der Waals surface area contributed by atoms with Gasteiger partial charge in [-0.15, -0.1) is 11.3 Å². The van der Waals surface area contributed by atoms with Crippen molar-refractivity contribution in [3.8, 4) is 61.8 Å². The van der Waals surface area contributed by atoms with Crippen molar-refractivity contribution in [1.29, 1.82) is 0 Å². The van der Waals surface area contributed by atoms with E-state index in [-0.39, 0.29) is 16.6 Å². The molecule has 3 heterocycles. The van der Waals surface area contributed by atoms with Crippen molar-refractivity contribution in [2.75, 3.05) is 0 Å². The van der Waals surface area contributed by atoms with E-state index in [4.69, 9.17) is 9.97 Å². The number of aromatic hydroxyl groups is 1. The minimum Gasteiger partial charge on any atom is -0.507 e. The Bertz CT molecular complexity index is 2640. The molecule has 5 aromatic carbocycles. The Balaban J connectivity index is 1.28. The Hall–Kier alpha value is -5.58. The predicted molar refractivity (Wildman–Crippen MR) is 226 cm³/mol. The molecule has 3 nitrogen and oxygen atoms in total. The van der Waals surface area contributed by atoms with Gasteiger partial charge in [0.15, 0.2) is 0 Å². The van der Waals surface area contributed by atoms with Gasteiger partial charge in [0.2, 0.25) is 0 Å². The van der Waals surface area contributed by atoms with E-state index in [1.807, 2.05) is 29.5 Å². The molecule has 0 atom stereocenters. The van der Waals surface area contributed by atoms with E-state index in [2.05, 4.69) is 158 Å². The van der Waals surface area contributed by atoms with Gasteiger partial charge in [-0.1, -0.05) is 126 Å². The lowest BCUT2D eigenvalue weighted by Crippen LogP contribution is -2.16. The van der Waals surface area contributed by atoms with Gasteiger partial charge in [0.1, 0.15) is 5.75 Å². The third-order valence-electron chi connectivity index (χ3n) is 10.1. The van der Waals surface area contributed by atoms with Gasteiger partial charge in [-0.2, -0.15) is 0 Å². The minimum atomic E-state index is -0.0249. The quantitative estimate of drug-likeness (QED) is 0.194. The summed E-state index contributed by atoms with van der Waals surface area (Å²) in [6, 6.07) is 46.9. The molecule has 0 amide bonds. The lowest BCUT2D eigenvalue weighted by Gasteiger charge is -2.26. The lowest BCUT2D eigenvalue weighted by molar-refractivity contribution is 0.477. The number of rotatable bonds is 5. The average molecular weight is 709 g/mol. The smallest absolute Gasteiger partial charge is 0.124 e. The van der Waals surface area contributed by atoms with Crippen LogP contribution in [0.15, 0.2) is 133 Å². The normalized spacial score (nSPS) is 12.1. The highest BCUT2D eigenvalue weighted by Gasteiger charge is 2.22. The van der Waals surface area contributed by atoms with E-state index >= 15 is 0 Å². The highest BCUT2D eigenvalue weighted by molar-refractivity contribution is 7.26. The summed E-state index contributed by atoms with van der Waals surface area (Å²) in [5, 5.41) is 13.6. The van der Waals surface area contributed by atoms with Crippen molar-refractivity contribution in [2.24, 2.45) is 0 Å². The summed E-state index contributed by atoms with van der Waals surface area (Å²) in [4.78, 5) is 10.2. The van der Waals surface area contributed by atoms with Crippen LogP contribution >= 0.6 is 11.3 Å². The van der Waals surface area contributed by atoms with Gasteiger partial charge in [0.05, 0.1) is 17.1 Å². The molecule has 8 aromatic rings. The van der Waals surface area contributed by atoms with Crippen LogP contribution in [0.2, 0.25) is 0 Å². The van der Waals surface area contributed by atoms with E-state index in [0.29, 0.717) is 5.56 Å². The molecule has 53 heavy (non-hydrogen) atoms. The number of thiophene rings is 1. The second kappa shape index (κ2) is 13.1. The number of benzene rings is 5. The first kappa shape index (κ1) is 34.5. The molecule has 0 unspecified atom stereocenters. The Labute approximate surface area is 316 Å². The van der Waals surface area contributed by atoms with Gasteiger partial charge >= 0.3 is 0 Å². The standard InChI is InChI=1S/C49H44N2OS/c1-30-22-35(38-18-13-19-40-39-16-9-11-21-46(39)53-47(38)40)28-42(50-30)31-14-12-15-32(23-31)43-26-34(27-44(51-43)41-17-8-10-20-45(41)52)33-24-36(48(2,3)4)29-37(25-33)49(5,6)7/h8-29,52H,1-7H3. The molecule has 0 aliphatic rings. The van der Waals surface area contributed by atoms with Crippen LogP contribution in [0.5, 0.6) is 5.75 Å². The maximum absolute atomic E-state index is 11.0. The first-order valence-electron chi connectivity index (χ1n) is 18.3. The highest BCUT2D eigenvalue weighted by atomic mass is 32.1. The van der Waals surface area contributed by atoms with Gasteiger partial charge in [0.25, 0.3) is 0 Å². The average Bonchev–Trinajstić information content (AvgIpc) is 3.53. The van der Waals surface area contributed by atoms with Gasteiger partial charge in [0, 0.05) is 42.6 Å². The third-order valence-corrected chi connectivity index (χ3v) is 11.3. The molecule has 3 aromatic heterocycles. The molecule has 0 fully saturated rings. The van der Waals surface area contributed by atoms with Crippen LogP contribution < -0.4 is 0 Å². The summed E-state index contributed by atoms with van der Waals surface area (Å²) in [6.07, 6.45) is 0. The Kier molecular flexibility index (Phi) is 8.54. The van der Waals surface area contributed by atoms with Crippen LogP contribution in [0.25, 0.3) is 76.2 Å². The second-order valence-electron chi connectivity index (χ2n) is 16.2. The van der Waals surface area contributed by atoms with Crippen molar-refractivity contribution in [3.05, 3.63) is 150 Å². The van der Waals surface area contributed by atoms with Crippen LogP contribution in [0.4, 0.5) is 0 Å². The molecule has 0 aliphatic carbocycles. The molecule has 0 saturated carbocycles. The number of aromatic nitrogens is 2. The molecule has 0 bridgehead atoms. The predicted octanol–water partition coefficient (Wildman–Crippen LogP) is 13.8. The number of fused-ring (bicyclic) bond motifs is 3. The largest absolute Gasteiger partial charge is 0.507 e. The zero-order valence-electron chi connectivity index (χ0n) is 31.5. The molecule has 0 radical (unpaired) electrons. The van der Waals surface area contributed by atoms with Crippen molar-refractivity contribution in [1.82, 2.24) is 9.97 Å². The summed E-state index contributed by atoms with van der Waals surface area (Å²) in [5.41, 5.74) is 13.3. The highest BCUT2D eigenvalue weighted by Crippen LogP contribution is 2.42. The number of nitrogens with zero attached hydrogens (tertiary/aromatic N) is 2. The number of para-hydroxylation sites is 1. The Morgan fingerprint density at radius 1 is 0.472 bits per heavy atom. The van der Waals surface area contributed by atoms with E-state index in [1.54, 1.807) is 6.07 Å². The van der Waals surface area contributed by atoms with Crippen LogP contribution in [-0.4, -0.2) is 15.1 Å². The fraction of sp³-hybridized carbons (Fsp3) is 0.184. The third kappa shape index (κ3) is 6.76. The van der Waals surface area contributed by atoms with E-state index in [9.17, 15) is 5.11 Å². The van der Waals surface area contributed by atoms with E-state index in [0.717, 1.165) is 50.6 Å². The Morgan fingerprint density at radius 2 is 1.04 bits per heavy atom. The number of phenols is 1. The zero-order valence-corrected chi connectivity index (χ0v) is 32.3. The molecule has 0 saturated heterocycles. The van der Waals surface area contributed by atoms with Crippen LogP contribution in [0.3, 0.4) is 0 Å². The SMILES string of the molecule is Cc1cc(-c2cccc3c2sc2ccccc23)cc(-c2cccc(-c3cc(-c4cc(C(C)(C)C)cc(C(C)(C)C)c4)cc(-c4ccccc4O)n3)c2)n1. The topological polar surface area (TPSA) is 46.0 Å². The molecular weight excluding hydrogens is 665 g/mol. The van der Waals surface area contributed by atoms with Gasteiger partial charge in [-0.25, -0.2) is 4.98 Å². The molecule has 1 N–H and O–H groups in total. The zero-order chi connectivity index (χ0) is 37.1.